The first-order valence-electron chi connectivity index (χ1n) is 6.88. The number of rotatable bonds is 4. The molecule has 0 heterocycles. The fraction of sp³-hybridized carbons (Fsp3) is 0.600. The molecule has 1 fully saturated rings. The van der Waals surface area contributed by atoms with Crippen LogP contribution < -0.4 is 5.32 Å². The van der Waals surface area contributed by atoms with Crippen molar-refractivity contribution in [1.82, 2.24) is 5.32 Å². The molecular weight excluding hydrogens is 310 g/mol. The van der Waals surface area contributed by atoms with Crippen molar-refractivity contribution in [1.29, 1.82) is 0 Å². The second-order valence-electron chi connectivity index (χ2n) is 5.19. The lowest BCUT2D eigenvalue weighted by molar-refractivity contribution is 0.254. The van der Waals surface area contributed by atoms with Gasteiger partial charge in [-0.05, 0) is 52.4 Å². The van der Waals surface area contributed by atoms with Gasteiger partial charge in [0, 0.05) is 17.1 Å². The summed E-state index contributed by atoms with van der Waals surface area (Å²) in [6.07, 6.45) is 6.77. The van der Waals surface area contributed by atoms with Crippen molar-refractivity contribution in [2.45, 2.75) is 51.6 Å². The van der Waals surface area contributed by atoms with Crippen LogP contribution in [0.1, 0.15) is 44.6 Å². The second kappa shape index (κ2) is 6.93. The summed E-state index contributed by atoms with van der Waals surface area (Å²) in [4.78, 5) is 0. The normalized spacial score (nSPS) is 24.2. The first-order chi connectivity index (χ1) is 8.70. The SMILES string of the molecule is CCC1CCCCC1NCc1ccc(Br)c(Cl)c1. The van der Waals surface area contributed by atoms with E-state index in [1.165, 1.54) is 37.7 Å². The Morgan fingerprint density at radius 1 is 1.33 bits per heavy atom. The smallest absolute Gasteiger partial charge is 0.0551 e. The lowest BCUT2D eigenvalue weighted by atomic mass is 9.83. The van der Waals surface area contributed by atoms with E-state index in [1.54, 1.807) is 0 Å². The molecule has 1 nitrogen and oxygen atoms in total. The molecule has 1 aliphatic carbocycles. The number of nitrogens with one attached hydrogen (secondary N) is 1. The highest BCUT2D eigenvalue weighted by Gasteiger charge is 2.22. The molecular formula is C15H21BrClN. The lowest BCUT2D eigenvalue weighted by Crippen LogP contribution is -2.37. The van der Waals surface area contributed by atoms with E-state index in [0.717, 1.165) is 22.0 Å². The van der Waals surface area contributed by atoms with Gasteiger partial charge < -0.3 is 5.32 Å². The molecule has 1 aromatic carbocycles. The molecule has 1 aromatic rings. The van der Waals surface area contributed by atoms with Crippen LogP contribution >= 0.6 is 27.5 Å². The third kappa shape index (κ3) is 3.72. The van der Waals surface area contributed by atoms with Gasteiger partial charge in [-0.25, -0.2) is 0 Å². The van der Waals surface area contributed by atoms with Crippen molar-refractivity contribution in [2.24, 2.45) is 5.92 Å². The third-order valence-electron chi connectivity index (χ3n) is 3.99. The third-order valence-corrected chi connectivity index (χ3v) is 5.22. The van der Waals surface area contributed by atoms with Gasteiger partial charge in [0.2, 0.25) is 0 Å². The fourth-order valence-electron chi connectivity index (χ4n) is 2.86. The first-order valence-corrected chi connectivity index (χ1v) is 8.05. The van der Waals surface area contributed by atoms with Gasteiger partial charge >= 0.3 is 0 Å². The van der Waals surface area contributed by atoms with Gasteiger partial charge in [-0.2, -0.15) is 0 Å². The molecule has 1 aliphatic rings. The molecule has 1 saturated carbocycles. The van der Waals surface area contributed by atoms with Crippen molar-refractivity contribution >= 4 is 27.5 Å². The van der Waals surface area contributed by atoms with Crippen LogP contribution in [0.3, 0.4) is 0 Å². The molecule has 2 atom stereocenters. The van der Waals surface area contributed by atoms with Gasteiger partial charge in [0.05, 0.1) is 5.02 Å². The molecule has 0 spiro atoms. The fourth-order valence-corrected chi connectivity index (χ4v) is 3.31. The highest BCUT2D eigenvalue weighted by molar-refractivity contribution is 9.10. The van der Waals surface area contributed by atoms with Crippen LogP contribution in [0.5, 0.6) is 0 Å². The van der Waals surface area contributed by atoms with E-state index in [4.69, 9.17) is 11.6 Å². The van der Waals surface area contributed by atoms with E-state index in [-0.39, 0.29) is 0 Å². The van der Waals surface area contributed by atoms with Gasteiger partial charge in [0.15, 0.2) is 0 Å². The first kappa shape index (κ1) is 14.4. The Labute approximate surface area is 123 Å². The molecule has 18 heavy (non-hydrogen) atoms. The second-order valence-corrected chi connectivity index (χ2v) is 6.45. The summed E-state index contributed by atoms with van der Waals surface area (Å²) in [5.74, 6) is 0.852. The molecule has 2 unspecified atom stereocenters. The monoisotopic (exact) mass is 329 g/mol. The number of benzene rings is 1. The van der Waals surface area contributed by atoms with Crippen LogP contribution in [-0.4, -0.2) is 6.04 Å². The van der Waals surface area contributed by atoms with Crippen LogP contribution in [0.25, 0.3) is 0 Å². The van der Waals surface area contributed by atoms with Gasteiger partial charge in [-0.1, -0.05) is 43.9 Å². The minimum atomic E-state index is 0.686. The molecule has 100 valence electrons. The van der Waals surface area contributed by atoms with Crippen LogP contribution in [0, 0.1) is 5.92 Å². The highest BCUT2D eigenvalue weighted by Crippen LogP contribution is 2.27. The van der Waals surface area contributed by atoms with E-state index in [9.17, 15) is 0 Å². The maximum Gasteiger partial charge on any atom is 0.0551 e. The summed E-state index contributed by atoms with van der Waals surface area (Å²) in [5, 5.41) is 4.51. The topological polar surface area (TPSA) is 12.0 Å². The lowest BCUT2D eigenvalue weighted by Gasteiger charge is -2.31. The quantitative estimate of drug-likeness (QED) is 0.804. The molecule has 0 saturated heterocycles. The zero-order valence-electron chi connectivity index (χ0n) is 10.9. The molecule has 0 aromatic heterocycles. The average Bonchev–Trinajstić information content (AvgIpc) is 2.40. The van der Waals surface area contributed by atoms with Crippen LogP contribution in [0.4, 0.5) is 0 Å². The summed E-state index contributed by atoms with van der Waals surface area (Å²) in [6.45, 7) is 3.23. The van der Waals surface area contributed by atoms with Crippen LogP contribution in [0.2, 0.25) is 5.02 Å². The molecule has 2 rings (SSSR count). The van der Waals surface area contributed by atoms with E-state index in [2.05, 4.69) is 34.2 Å². The predicted molar refractivity (Wildman–Crippen MR) is 82.0 cm³/mol. The highest BCUT2D eigenvalue weighted by atomic mass is 79.9. The maximum atomic E-state index is 6.12. The summed E-state index contributed by atoms with van der Waals surface area (Å²) < 4.78 is 0.969. The molecule has 1 N–H and O–H groups in total. The number of hydrogen-bond donors (Lipinski definition) is 1. The predicted octanol–water partition coefficient (Wildman–Crippen LogP) is 5.16. The van der Waals surface area contributed by atoms with Gasteiger partial charge in [-0.3, -0.25) is 0 Å². The zero-order chi connectivity index (χ0) is 13.0. The molecule has 0 amide bonds. The minimum Gasteiger partial charge on any atom is -0.310 e. The van der Waals surface area contributed by atoms with E-state index in [0.29, 0.717) is 6.04 Å². The summed E-state index contributed by atoms with van der Waals surface area (Å²) in [7, 11) is 0. The minimum absolute atomic E-state index is 0.686. The number of halogens is 2. The van der Waals surface area contributed by atoms with E-state index < -0.39 is 0 Å². The van der Waals surface area contributed by atoms with Gasteiger partial charge in [0.1, 0.15) is 0 Å². The van der Waals surface area contributed by atoms with Gasteiger partial charge in [0.25, 0.3) is 0 Å². The van der Waals surface area contributed by atoms with Crippen molar-refractivity contribution in [3.05, 3.63) is 33.3 Å². The zero-order valence-corrected chi connectivity index (χ0v) is 13.2. The Balaban J connectivity index is 1.91. The van der Waals surface area contributed by atoms with E-state index in [1.807, 2.05) is 12.1 Å². The largest absolute Gasteiger partial charge is 0.310 e. The van der Waals surface area contributed by atoms with Crippen molar-refractivity contribution < 1.29 is 0 Å². The Bertz CT molecular complexity index is 394. The standard InChI is InChI=1S/C15H21BrClN/c1-2-12-5-3-4-6-15(12)18-10-11-7-8-13(16)14(17)9-11/h7-9,12,15,18H,2-6,10H2,1H3. The maximum absolute atomic E-state index is 6.12. The number of hydrogen-bond acceptors (Lipinski definition) is 1. The van der Waals surface area contributed by atoms with Crippen molar-refractivity contribution in [2.75, 3.05) is 0 Å². The molecule has 3 heteroatoms. The Morgan fingerprint density at radius 2 is 2.11 bits per heavy atom. The molecule has 0 radical (unpaired) electrons. The summed E-state index contributed by atoms with van der Waals surface area (Å²) in [6, 6.07) is 6.89. The molecule has 0 aliphatic heterocycles. The van der Waals surface area contributed by atoms with Crippen LogP contribution in [-0.2, 0) is 6.54 Å². The average molecular weight is 331 g/mol. The van der Waals surface area contributed by atoms with Crippen molar-refractivity contribution in [3.8, 4) is 0 Å². The Morgan fingerprint density at radius 3 is 2.83 bits per heavy atom. The summed E-state index contributed by atoms with van der Waals surface area (Å²) in [5.41, 5.74) is 1.27. The Hall–Kier alpha value is -0.0500. The Kier molecular flexibility index (Phi) is 5.53. The molecule has 0 bridgehead atoms. The summed E-state index contributed by atoms with van der Waals surface area (Å²) >= 11 is 9.54. The van der Waals surface area contributed by atoms with Crippen molar-refractivity contribution in [3.63, 3.8) is 0 Å². The van der Waals surface area contributed by atoms with Crippen LogP contribution in [0.15, 0.2) is 22.7 Å². The van der Waals surface area contributed by atoms with Gasteiger partial charge in [-0.15, -0.1) is 0 Å². The van der Waals surface area contributed by atoms with E-state index >= 15 is 0 Å².